The van der Waals surface area contributed by atoms with E-state index in [1.807, 2.05) is 42.1 Å². The molecule has 4 aromatic rings. The van der Waals surface area contributed by atoms with Crippen LogP contribution in [0.4, 0.5) is 0 Å². The van der Waals surface area contributed by atoms with Crippen molar-refractivity contribution in [3.8, 4) is 0 Å². The van der Waals surface area contributed by atoms with Gasteiger partial charge in [-0.3, -0.25) is 14.7 Å². The smallest absolute Gasteiger partial charge is 0.290 e. The first-order chi connectivity index (χ1) is 15.2. The summed E-state index contributed by atoms with van der Waals surface area (Å²) < 4.78 is 7.93. The highest BCUT2D eigenvalue weighted by molar-refractivity contribution is 7.99. The zero-order valence-electron chi connectivity index (χ0n) is 16.8. The fraction of sp³-hybridized carbons (Fsp3) is 0.250. The molecule has 1 aliphatic heterocycles. The van der Waals surface area contributed by atoms with Gasteiger partial charge >= 0.3 is 0 Å². The molecule has 0 spiro atoms. The van der Waals surface area contributed by atoms with E-state index in [-0.39, 0.29) is 12.5 Å². The standard InChI is InChI=1S/C19H19N7OS.CH2O2/c1-25-12-23-24-19(25)28-16-6-5-13(27-16)10-26-9-7-14-17(22-11-21-14)18(26)15-4-2-3-8-20-15;2-1-3/h2-6,8,11-12,18H,7,9-10H2,1H3,(H,21,22);1H,(H,2,3). The van der Waals surface area contributed by atoms with Crippen molar-refractivity contribution in [1.29, 1.82) is 0 Å². The van der Waals surface area contributed by atoms with Crippen LogP contribution in [0.25, 0.3) is 0 Å². The lowest BCUT2D eigenvalue weighted by molar-refractivity contribution is -0.122. The molecule has 1 unspecified atom stereocenters. The van der Waals surface area contributed by atoms with Crippen LogP contribution in [0.1, 0.15) is 28.9 Å². The van der Waals surface area contributed by atoms with E-state index in [1.54, 1.807) is 12.7 Å². The number of pyridine rings is 1. The van der Waals surface area contributed by atoms with Crippen molar-refractivity contribution in [1.82, 2.24) is 34.6 Å². The molecule has 0 saturated carbocycles. The predicted molar refractivity (Wildman–Crippen MR) is 111 cm³/mol. The summed E-state index contributed by atoms with van der Waals surface area (Å²) in [4.78, 5) is 23.2. The highest BCUT2D eigenvalue weighted by Gasteiger charge is 2.32. The van der Waals surface area contributed by atoms with Gasteiger partial charge in [-0.1, -0.05) is 6.07 Å². The number of aromatic amines is 1. The second-order valence-corrected chi connectivity index (χ2v) is 7.77. The van der Waals surface area contributed by atoms with E-state index in [9.17, 15) is 0 Å². The predicted octanol–water partition coefficient (Wildman–Crippen LogP) is 2.53. The Morgan fingerprint density at radius 3 is 2.94 bits per heavy atom. The second-order valence-electron chi connectivity index (χ2n) is 6.80. The van der Waals surface area contributed by atoms with Crippen LogP contribution in [-0.4, -0.2) is 52.7 Å². The van der Waals surface area contributed by atoms with E-state index in [0.717, 1.165) is 40.4 Å². The van der Waals surface area contributed by atoms with Crippen LogP contribution in [0.5, 0.6) is 0 Å². The summed E-state index contributed by atoms with van der Waals surface area (Å²) in [5.74, 6) is 0.907. The molecule has 4 aromatic heterocycles. The summed E-state index contributed by atoms with van der Waals surface area (Å²) in [6, 6.07) is 10.0. The van der Waals surface area contributed by atoms with E-state index in [4.69, 9.17) is 14.3 Å². The number of carboxylic acid groups (broad SMARTS) is 1. The van der Waals surface area contributed by atoms with Crippen LogP contribution in [0.2, 0.25) is 0 Å². The Balaban J connectivity index is 0.000000730. The van der Waals surface area contributed by atoms with Crippen molar-refractivity contribution in [3.63, 3.8) is 0 Å². The molecule has 0 aromatic carbocycles. The molecule has 5 heterocycles. The lowest BCUT2D eigenvalue weighted by Crippen LogP contribution is -2.36. The molecule has 1 atom stereocenters. The second kappa shape index (κ2) is 9.58. The van der Waals surface area contributed by atoms with E-state index >= 15 is 0 Å². The zero-order valence-corrected chi connectivity index (χ0v) is 17.6. The van der Waals surface area contributed by atoms with Gasteiger partial charge in [0.05, 0.1) is 30.3 Å². The minimum atomic E-state index is -0.250. The van der Waals surface area contributed by atoms with E-state index in [1.165, 1.54) is 17.5 Å². The highest BCUT2D eigenvalue weighted by Crippen LogP contribution is 2.34. The first kappa shape index (κ1) is 20.8. The quantitative estimate of drug-likeness (QED) is 0.451. The molecule has 31 heavy (non-hydrogen) atoms. The average Bonchev–Trinajstić information content (AvgIpc) is 3.52. The number of nitrogens with zero attached hydrogens (tertiary/aromatic N) is 6. The summed E-state index contributed by atoms with van der Waals surface area (Å²) in [6.07, 6.45) is 6.21. The number of hydrogen-bond donors (Lipinski definition) is 2. The normalized spacial score (nSPS) is 15.7. The number of carbonyl (C=O) groups is 1. The Bertz CT molecular complexity index is 1120. The van der Waals surface area contributed by atoms with Gasteiger partial charge in [0.1, 0.15) is 12.1 Å². The van der Waals surface area contributed by atoms with Crippen LogP contribution in [0, 0.1) is 0 Å². The van der Waals surface area contributed by atoms with Gasteiger partial charge in [0.25, 0.3) is 6.47 Å². The largest absolute Gasteiger partial charge is 0.483 e. The van der Waals surface area contributed by atoms with Crippen LogP contribution in [0.3, 0.4) is 0 Å². The molecule has 0 aliphatic carbocycles. The van der Waals surface area contributed by atoms with E-state index < -0.39 is 0 Å². The van der Waals surface area contributed by atoms with Crippen LogP contribution < -0.4 is 0 Å². The summed E-state index contributed by atoms with van der Waals surface area (Å²) >= 11 is 1.47. The van der Waals surface area contributed by atoms with Gasteiger partial charge in [0, 0.05) is 31.9 Å². The number of hydrogen-bond acceptors (Lipinski definition) is 8. The topological polar surface area (TPSA) is 126 Å². The molecule has 10 nitrogen and oxygen atoms in total. The van der Waals surface area contributed by atoms with Crippen molar-refractivity contribution < 1.29 is 14.3 Å². The summed E-state index contributed by atoms with van der Waals surface area (Å²) in [7, 11) is 1.92. The Morgan fingerprint density at radius 2 is 2.19 bits per heavy atom. The summed E-state index contributed by atoms with van der Waals surface area (Å²) in [6.45, 7) is 1.34. The number of rotatable bonds is 5. The van der Waals surface area contributed by atoms with Gasteiger partial charge in [-0.05, 0) is 36.0 Å². The SMILES string of the molecule is Cn1cnnc1Sc1ccc(CN2CCc3[nH]cnc3C2c2ccccn2)o1.O=CO. The van der Waals surface area contributed by atoms with Crippen LogP contribution >= 0.6 is 11.8 Å². The maximum absolute atomic E-state index is 8.36. The Labute approximate surface area is 182 Å². The molecule has 0 amide bonds. The van der Waals surface area contributed by atoms with E-state index in [2.05, 4.69) is 36.1 Å². The van der Waals surface area contributed by atoms with Crippen molar-refractivity contribution in [3.05, 3.63) is 72.0 Å². The lowest BCUT2D eigenvalue weighted by atomic mass is 9.99. The number of imidazole rings is 1. The minimum Gasteiger partial charge on any atom is -0.483 e. The Kier molecular flexibility index (Phi) is 6.43. The van der Waals surface area contributed by atoms with Gasteiger partial charge in [0.2, 0.25) is 0 Å². The maximum Gasteiger partial charge on any atom is 0.290 e. The Hall–Kier alpha value is -3.44. The van der Waals surface area contributed by atoms with Crippen LogP contribution in [0.15, 0.2) is 63.8 Å². The van der Waals surface area contributed by atoms with Crippen molar-refractivity contribution >= 4 is 18.2 Å². The summed E-state index contributed by atoms with van der Waals surface area (Å²) in [5, 5.41) is 16.5. The molecule has 160 valence electrons. The number of aryl methyl sites for hydroxylation is 1. The van der Waals surface area contributed by atoms with Gasteiger partial charge < -0.3 is 19.1 Å². The zero-order chi connectivity index (χ0) is 21.6. The lowest BCUT2D eigenvalue weighted by Gasteiger charge is -2.33. The van der Waals surface area contributed by atoms with Crippen molar-refractivity contribution in [2.24, 2.45) is 7.05 Å². The molecule has 0 saturated heterocycles. The molecular weight excluding hydrogens is 418 g/mol. The number of aromatic nitrogens is 6. The summed E-state index contributed by atoms with van der Waals surface area (Å²) in [5.41, 5.74) is 3.23. The molecule has 0 fully saturated rings. The van der Waals surface area contributed by atoms with Crippen LogP contribution in [-0.2, 0) is 24.8 Å². The van der Waals surface area contributed by atoms with Gasteiger partial charge in [-0.25, -0.2) is 4.98 Å². The Morgan fingerprint density at radius 1 is 1.32 bits per heavy atom. The average molecular weight is 440 g/mol. The monoisotopic (exact) mass is 439 g/mol. The van der Waals surface area contributed by atoms with Gasteiger partial charge in [0.15, 0.2) is 10.2 Å². The number of H-pyrrole nitrogens is 1. The first-order valence-corrected chi connectivity index (χ1v) is 10.4. The highest BCUT2D eigenvalue weighted by atomic mass is 32.2. The number of fused-ring (bicyclic) bond motifs is 1. The molecule has 1 aliphatic rings. The first-order valence-electron chi connectivity index (χ1n) is 9.55. The van der Waals surface area contributed by atoms with Gasteiger partial charge in [-0.15, -0.1) is 10.2 Å². The molecule has 2 N–H and O–H groups in total. The third kappa shape index (κ3) is 4.67. The van der Waals surface area contributed by atoms with Crippen molar-refractivity contribution in [2.75, 3.05) is 6.54 Å². The molecule has 0 bridgehead atoms. The molecular formula is C20H21N7O3S. The number of furan rings is 1. The third-order valence-corrected chi connectivity index (χ3v) is 5.82. The number of nitrogens with one attached hydrogen (secondary N) is 1. The van der Waals surface area contributed by atoms with Crippen molar-refractivity contribution in [2.45, 2.75) is 29.3 Å². The fourth-order valence-corrected chi connectivity index (χ4v) is 4.26. The molecule has 11 heteroatoms. The third-order valence-electron chi connectivity index (χ3n) is 4.85. The van der Waals surface area contributed by atoms with E-state index in [0.29, 0.717) is 6.54 Å². The molecule has 0 radical (unpaired) electrons. The maximum atomic E-state index is 8.36. The minimum absolute atomic E-state index is 0.0103. The fourth-order valence-electron chi connectivity index (χ4n) is 3.51. The van der Waals surface area contributed by atoms with Gasteiger partial charge in [-0.2, -0.15) is 0 Å². The molecule has 5 rings (SSSR count).